The number of carboxylic acid groups (broad SMARTS) is 1. The van der Waals surface area contributed by atoms with Gasteiger partial charge in [-0.25, -0.2) is 0 Å². The maximum absolute atomic E-state index is 12.2. The number of nitrogens with zero attached hydrogens (tertiary/aromatic N) is 2. The third kappa shape index (κ3) is 4.43. The number of hydrogen-bond acceptors (Lipinski definition) is 3. The van der Waals surface area contributed by atoms with Crippen LogP contribution >= 0.6 is 0 Å². The largest absolute Gasteiger partial charge is 0.480 e. The average Bonchev–Trinajstić information content (AvgIpc) is 2.36. The Kier molecular flexibility index (Phi) is 5.07. The van der Waals surface area contributed by atoms with Gasteiger partial charge in [0.1, 0.15) is 6.54 Å². The SMILES string of the molecule is CC(C)CN(CC(=O)O)C(=O)c1ccc(C#N)cc1. The maximum atomic E-state index is 12.2. The van der Waals surface area contributed by atoms with Crippen LogP contribution in [0.1, 0.15) is 29.8 Å². The van der Waals surface area contributed by atoms with E-state index in [0.717, 1.165) is 0 Å². The van der Waals surface area contributed by atoms with Crippen molar-refractivity contribution in [2.75, 3.05) is 13.1 Å². The maximum Gasteiger partial charge on any atom is 0.323 e. The number of aliphatic carboxylic acids is 1. The molecule has 0 bridgehead atoms. The first-order valence-corrected chi connectivity index (χ1v) is 5.95. The molecule has 0 fully saturated rings. The van der Waals surface area contributed by atoms with Crippen LogP contribution in [0.5, 0.6) is 0 Å². The predicted molar refractivity (Wildman–Crippen MR) is 69.5 cm³/mol. The van der Waals surface area contributed by atoms with Crippen LogP contribution in [0.25, 0.3) is 0 Å². The molecule has 0 radical (unpaired) electrons. The molecule has 0 aliphatic heterocycles. The molecule has 1 aromatic carbocycles. The summed E-state index contributed by atoms with van der Waals surface area (Å²) in [5.74, 6) is -1.19. The van der Waals surface area contributed by atoms with Crippen LogP contribution in [-0.2, 0) is 4.79 Å². The Morgan fingerprint density at radius 2 is 1.89 bits per heavy atom. The summed E-state index contributed by atoms with van der Waals surface area (Å²) in [7, 11) is 0. The minimum atomic E-state index is -1.04. The molecule has 1 N–H and O–H groups in total. The third-order valence-electron chi connectivity index (χ3n) is 2.46. The molecule has 0 saturated carbocycles. The van der Waals surface area contributed by atoms with Crippen LogP contribution in [0, 0.1) is 17.2 Å². The lowest BCUT2D eigenvalue weighted by Crippen LogP contribution is -2.38. The lowest BCUT2D eigenvalue weighted by Gasteiger charge is -2.22. The number of carbonyl (C=O) groups is 2. The van der Waals surface area contributed by atoms with E-state index in [1.54, 1.807) is 12.1 Å². The van der Waals surface area contributed by atoms with E-state index in [0.29, 0.717) is 17.7 Å². The molecule has 0 heterocycles. The Bertz CT molecular complexity index is 500. The first-order chi connectivity index (χ1) is 8.93. The van der Waals surface area contributed by atoms with Gasteiger partial charge in [-0.05, 0) is 30.2 Å². The van der Waals surface area contributed by atoms with E-state index >= 15 is 0 Å². The van der Waals surface area contributed by atoms with Gasteiger partial charge in [-0.2, -0.15) is 5.26 Å². The second-order valence-electron chi connectivity index (χ2n) is 4.66. The highest BCUT2D eigenvalue weighted by Crippen LogP contribution is 2.09. The third-order valence-corrected chi connectivity index (χ3v) is 2.46. The summed E-state index contributed by atoms with van der Waals surface area (Å²) in [6, 6.07) is 8.13. The normalized spacial score (nSPS) is 10.0. The summed E-state index contributed by atoms with van der Waals surface area (Å²) < 4.78 is 0. The first-order valence-electron chi connectivity index (χ1n) is 5.95. The van der Waals surface area contributed by atoms with Gasteiger partial charge < -0.3 is 10.0 Å². The van der Waals surface area contributed by atoms with Crippen LogP contribution in [0.3, 0.4) is 0 Å². The van der Waals surface area contributed by atoms with Crippen LogP contribution in [0.4, 0.5) is 0 Å². The lowest BCUT2D eigenvalue weighted by atomic mass is 10.1. The van der Waals surface area contributed by atoms with Crippen molar-refractivity contribution in [3.05, 3.63) is 35.4 Å². The standard InChI is InChI=1S/C14H16N2O3/c1-10(2)8-16(9-13(17)18)14(19)12-5-3-11(7-15)4-6-12/h3-6,10H,8-9H2,1-2H3,(H,17,18). The highest BCUT2D eigenvalue weighted by atomic mass is 16.4. The fourth-order valence-corrected chi connectivity index (χ4v) is 1.69. The molecule has 0 aromatic heterocycles. The molecule has 100 valence electrons. The Hall–Kier alpha value is -2.35. The molecule has 0 aliphatic rings. The van der Waals surface area contributed by atoms with Gasteiger partial charge in [0, 0.05) is 12.1 Å². The Balaban J connectivity index is 2.91. The van der Waals surface area contributed by atoms with E-state index in [9.17, 15) is 9.59 Å². The number of rotatable bonds is 5. The molecular weight excluding hydrogens is 244 g/mol. The van der Waals surface area contributed by atoms with E-state index in [1.807, 2.05) is 19.9 Å². The molecule has 0 atom stereocenters. The Morgan fingerprint density at radius 3 is 2.32 bits per heavy atom. The minimum Gasteiger partial charge on any atom is -0.480 e. The van der Waals surface area contributed by atoms with E-state index < -0.39 is 5.97 Å². The quantitative estimate of drug-likeness (QED) is 0.874. The van der Waals surface area contributed by atoms with Crippen molar-refractivity contribution >= 4 is 11.9 Å². The number of amides is 1. The predicted octanol–water partition coefficient (Wildman–Crippen LogP) is 1.74. The smallest absolute Gasteiger partial charge is 0.323 e. The van der Waals surface area contributed by atoms with Gasteiger partial charge in [0.05, 0.1) is 11.6 Å². The summed E-state index contributed by atoms with van der Waals surface area (Å²) in [5, 5.41) is 17.5. The number of benzene rings is 1. The van der Waals surface area contributed by atoms with Crippen LogP contribution in [-0.4, -0.2) is 35.0 Å². The molecule has 0 saturated heterocycles. The van der Waals surface area contributed by atoms with Gasteiger partial charge >= 0.3 is 5.97 Å². The van der Waals surface area contributed by atoms with Crippen LogP contribution < -0.4 is 0 Å². The average molecular weight is 260 g/mol. The highest BCUT2D eigenvalue weighted by Gasteiger charge is 2.19. The molecule has 0 unspecified atom stereocenters. The van der Waals surface area contributed by atoms with Crippen molar-refractivity contribution in [1.82, 2.24) is 4.90 Å². The van der Waals surface area contributed by atoms with E-state index in [1.165, 1.54) is 17.0 Å². The Morgan fingerprint density at radius 1 is 1.32 bits per heavy atom. The van der Waals surface area contributed by atoms with Gasteiger partial charge in [-0.1, -0.05) is 13.8 Å². The van der Waals surface area contributed by atoms with Gasteiger partial charge in [-0.15, -0.1) is 0 Å². The second kappa shape index (κ2) is 6.55. The van der Waals surface area contributed by atoms with Crippen molar-refractivity contribution < 1.29 is 14.7 Å². The van der Waals surface area contributed by atoms with Crippen molar-refractivity contribution in [2.24, 2.45) is 5.92 Å². The van der Waals surface area contributed by atoms with Crippen molar-refractivity contribution in [3.63, 3.8) is 0 Å². The van der Waals surface area contributed by atoms with Gasteiger partial charge in [0.2, 0.25) is 0 Å². The zero-order chi connectivity index (χ0) is 14.4. The van der Waals surface area contributed by atoms with Crippen molar-refractivity contribution in [1.29, 1.82) is 5.26 Å². The monoisotopic (exact) mass is 260 g/mol. The number of hydrogen-bond donors (Lipinski definition) is 1. The molecular formula is C14H16N2O3. The molecule has 0 aliphatic carbocycles. The van der Waals surface area contributed by atoms with Gasteiger partial charge in [0.25, 0.3) is 5.91 Å². The fraction of sp³-hybridized carbons (Fsp3) is 0.357. The van der Waals surface area contributed by atoms with Crippen molar-refractivity contribution in [2.45, 2.75) is 13.8 Å². The number of nitriles is 1. The molecule has 19 heavy (non-hydrogen) atoms. The van der Waals surface area contributed by atoms with Gasteiger partial charge in [-0.3, -0.25) is 9.59 Å². The van der Waals surface area contributed by atoms with Gasteiger partial charge in [0.15, 0.2) is 0 Å². The topological polar surface area (TPSA) is 81.4 Å². The van der Waals surface area contributed by atoms with E-state index in [-0.39, 0.29) is 18.4 Å². The first kappa shape index (κ1) is 14.7. The number of carbonyl (C=O) groups excluding carboxylic acids is 1. The fourth-order valence-electron chi connectivity index (χ4n) is 1.69. The Labute approximate surface area is 112 Å². The molecule has 0 spiro atoms. The summed E-state index contributed by atoms with van der Waals surface area (Å²) in [5.41, 5.74) is 0.853. The summed E-state index contributed by atoms with van der Waals surface area (Å²) in [6.45, 7) is 3.89. The van der Waals surface area contributed by atoms with E-state index in [4.69, 9.17) is 10.4 Å². The highest BCUT2D eigenvalue weighted by molar-refractivity contribution is 5.95. The van der Waals surface area contributed by atoms with E-state index in [2.05, 4.69) is 0 Å². The number of carboxylic acids is 1. The second-order valence-corrected chi connectivity index (χ2v) is 4.66. The zero-order valence-electron chi connectivity index (χ0n) is 11.0. The molecule has 1 aromatic rings. The molecule has 5 nitrogen and oxygen atoms in total. The molecule has 5 heteroatoms. The molecule has 1 amide bonds. The summed E-state index contributed by atoms with van der Waals surface area (Å²) in [4.78, 5) is 24.3. The summed E-state index contributed by atoms with van der Waals surface area (Å²) in [6.07, 6.45) is 0. The lowest BCUT2D eigenvalue weighted by molar-refractivity contribution is -0.137. The zero-order valence-corrected chi connectivity index (χ0v) is 11.0. The van der Waals surface area contributed by atoms with Crippen LogP contribution in [0.2, 0.25) is 0 Å². The summed E-state index contributed by atoms with van der Waals surface area (Å²) >= 11 is 0. The molecule has 1 rings (SSSR count). The minimum absolute atomic E-state index is 0.182. The van der Waals surface area contributed by atoms with Crippen molar-refractivity contribution in [3.8, 4) is 6.07 Å². The van der Waals surface area contributed by atoms with Crippen LogP contribution in [0.15, 0.2) is 24.3 Å².